The zero-order valence-corrected chi connectivity index (χ0v) is 16.3. The summed E-state index contributed by atoms with van der Waals surface area (Å²) in [5, 5.41) is 4.69. The van der Waals surface area contributed by atoms with Crippen molar-refractivity contribution in [2.45, 2.75) is 58.3 Å². The molecule has 27 heavy (non-hydrogen) atoms. The minimum absolute atomic E-state index is 0.438. The summed E-state index contributed by atoms with van der Waals surface area (Å²) in [7, 11) is -0.997. The molecule has 1 saturated heterocycles. The molecule has 2 fully saturated rings. The van der Waals surface area contributed by atoms with Crippen LogP contribution >= 0.6 is 0 Å². The van der Waals surface area contributed by atoms with Gasteiger partial charge in [0.1, 0.15) is 5.73 Å². The summed E-state index contributed by atoms with van der Waals surface area (Å²) >= 11 is 0. The summed E-state index contributed by atoms with van der Waals surface area (Å²) in [5.74, 6) is 0.627. The lowest BCUT2D eigenvalue weighted by molar-refractivity contribution is 0.00578. The van der Waals surface area contributed by atoms with E-state index in [0.29, 0.717) is 5.92 Å². The van der Waals surface area contributed by atoms with Crippen molar-refractivity contribution >= 4 is 13.2 Å². The summed E-state index contributed by atoms with van der Waals surface area (Å²) in [6.07, 6.45) is 7.36. The van der Waals surface area contributed by atoms with Crippen LogP contribution in [0.1, 0.15) is 46.2 Å². The number of aromatic nitrogens is 3. The van der Waals surface area contributed by atoms with Gasteiger partial charge in [-0.3, -0.25) is 9.67 Å². The van der Waals surface area contributed by atoms with E-state index in [2.05, 4.69) is 4.98 Å². The molecule has 4 rings (SSSR count). The number of halogens is 1. The molecule has 0 unspecified atom stereocenters. The molecule has 5 nitrogen and oxygen atoms in total. The SMILES string of the molecule is CC1(C)OB(C(F)=Cc2cc(-c3ccncc3)nn2CC2CC2)OC1(C)C. The van der Waals surface area contributed by atoms with Gasteiger partial charge in [-0.15, -0.1) is 0 Å². The maximum Gasteiger partial charge on any atom is 0.525 e. The predicted octanol–water partition coefficient (Wildman–Crippen LogP) is 4.30. The normalized spacial score (nSPS) is 21.7. The Morgan fingerprint density at radius 3 is 2.44 bits per heavy atom. The van der Waals surface area contributed by atoms with Crippen LogP contribution in [0.15, 0.2) is 36.3 Å². The van der Waals surface area contributed by atoms with Crippen molar-refractivity contribution in [1.29, 1.82) is 0 Å². The molecular weight excluding hydrogens is 344 g/mol. The highest BCUT2D eigenvalue weighted by atomic mass is 19.1. The lowest BCUT2D eigenvalue weighted by atomic mass is 9.87. The average Bonchev–Trinajstić information content (AvgIpc) is 3.29. The minimum atomic E-state index is -0.997. The molecule has 3 heterocycles. The van der Waals surface area contributed by atoms with Gasteiger partial charge in [-0.25, -0.2) is 4.39 Å². The molecule has 142 valence electrons. The van der Waals surface area contributed by atoms with Crippen molar-refractivity contribution < 1.29 is 13.7 Å². The second kappa shape index (κ2) is 6.57. The molecule has 0 bridgehead atoms. The highest BCUT2D eigenvalue weighted by molar-refractivity contribution is 6.54. The van der Waals surface area contributed by atoms with Crippen molar-refractivity contribution in [1.82, 2.24) is 14.8 Å². The van der Waals surface area contributed by atoms with Crippen molar-refractivity contribution in [3.8, 4) is 11.3 Å². The van der Waals surface area contributed by atoms with Crippen LogP contribution in [-0.2, 0) is 15.9 Å². The molecule has 0 radical (unpaired) electrons. The third-order valence-corrected chi connectivity index (χ3v) is 5.68. The smallest absolute Gasteiger partial charge is 0.398 e. The number of nitrogens with zero attached hydrogens (tertiary/aromatic N) is 3. The van der Waals surface area contributed by atoms with Gasteiger partial charge in [0.05, 0.1) is 22.6 Å². The van der Waals surface area contributed by atoms with E-state index >= 15 is 0 Å². The molecule has 7 heteroatoms. The Morgan fingerprint density at radius 1 is 1.22 bits per heavy atom. The highest BCUT2D eigenvalue weighted by Crippen LogP contribution is 2.39. The van der Waals surface area contributed by atoms with E-state index in [9.17, 15) is 4.39 Å². The van der Waals surface area contributed by atoms with Gasteiger partial charge in [0.25, 0.3) is 0 Å². The van der Waals surface area contributed by atoms with Crippen LogP contribution in [0, 0.1) is 5.92 Å². The number of hydrogen-bond donors (Lipinski definition) is 0. The van der Waals surface area contributed by atoms with Crippen LogP contribution in [0.3, 0.4) is 0 Å². The molecule has 1 saturated carbocycles. The summed E-state index contributed by atoms with van der Waals surface area (Å²) < 4.78 is 28.5. The molecule has 2 aliphatic rings. The van der Waals surface area contributed by atoms with E-state index in [1.54, 1.807) is 12.4 Å². The molecule has 2 aromatic rings. The zero-order valence-electron chi connectivity index (χ0n) is 16.3. The molecule has 0 atom stereocenters. The summed E-state index contributed by atoms with van der Waals surface area (Å²) in [6.45, 7) is 8.46. The van der Waals surface area contributed by atoms with Gasteiger partial charge in [0.2, 0.25) is 0 Å². The Kier molecular flexibility index (Phi) is 4.47. The standard InChI is InChI=1S/C20H25BFN3O2/c1-19(2)20(3,4)27-21(26-19)18(22)12-16-11-17(15-7-9-23-10-8-15)24-25(16)13-14-5-6-14/h7-12,14H,5-6,13H2,1-4H3. The molecular formula is C20H25BFN3O2. The first kappa shape index (κ1) is 18.4. The fourth-order valence-electron chi connectivity index (χ4n) is 3.07. The second-order valence-corrected chi connectivity index (χ2v) is 8.43. The van der Waals surface area contributed by atoms with Gasteiger partial charge in [0.15, 0.2) is 0 Å². The largest absolute Gasteiger partial charge is 0.525 e. The Labute approximate surface area is 159 Å². The Morgan fingerprint density at radius 2 is 1.85 bits per heavy atom. The Hall–Kier alpha value is -1.99. The molecule has 1 aliphatic carbocycles. The Balaban J connectivity index is 1.64. The molecule has 0 spiro atoms. The minimum Gasteiger partial charge on any atom is -0.398 e. The van der Waals surface area contributed by atoms with E-state index in [0.717, 1.165) is 23.5 Å². The highest BCUT2D eigenvalue weighted by Gasteiger charge is 2.53. The van der Waals surface area contributed by atoms with Crippen molar-refractivity contribution in [2.75, 3.05) is 0 Å². The van der Waals surface area contributed by atoms with Crippen molar-refractivity contribution in [3.63, 3.8) is 0 Å². The van der Waals surface area contributed by atoms with Crippen LogP contribution in [-0.4, -0.2) is 33.1 Å². The van der Waals surface area contributed by atoms with Crippen LogP contribution in [0.25, 0.3) is 17.3 Å². The van der Waals surface area contributed by atoms with E-state index in [1.807, 2.05) is 50.6 Å². The zero-order chi connectivity index (χ0) is 19.2. The van der Waals surface area contributed by atoms with Gasteiger partial charge in [-0.1, -0.05) is 0 Å². The fraction of sp³-hybridized carbons (Fsp3) is 0.500. The summed E-state index contributed by atoms with van der Waals surface area (Å²) in [6, 6.07) is 5.71. The van der Waals surface area contributed by atoms with Gasteiger partial charge >= 0.3 is 7.12 Å². The van der Waals surface area contributed by atoms with Crippen LogP contribution in [0.2, 0.25) is 0 Å². The third-order valence-electron chi connectivity index (χ3n) is 5.68. The van der Waals surface area contributed by atoms with Gasteiger partial charge in [-0.2, -0.15) is 5.10 Å². The number of rotatable bonds is 5. The predicted molar refractivity (Wildman–Crippen MR) is 103 cm³/mol. The van der Waals surface area contributed by atoms with Gasteiger partial charge in [-0.05, 0) is 70.7 Å². The first-order valence-corrected chi connectivity index (χ1v) is 9.46. The third kappa shape index (κ3) is 3.71. The fourth-order valence-corrected chi connectivity index (χ4v) is 3.07. The quantitative estimate of drug-likeness (QED) is 0.738. The molecule has 0 aromatic carbocycles. The van der Waals surface area contributed by atoms with Crippen LogP contribution < -0.4 is 0 Å². The Bertz CT molecular complexity index is 843. The maximum atomic E-state index is 15.0. The monoisotopic (exact) mass is 369 g/mol. The maximum absolute atomic E-state index is 15.0. The van der Waals surface area contributed by atoms with Gasteiger partial charge < -0.3 is 9.31 Å². The second-order valence-electron chi connectivity index (χ2n) is 8.43. The average molecular weight is 369 g/mol. The lowest BCUT2D eigenvalue weighted by Crippen LogP contribution is -2.41. The number of hydrogen-bond acceptors (Lipinski definition) is 4. The van der Waals surface area contributed by atoms with E-state index < -0.39 is 24.0 Å². The first-order chi connectivity index (χ1) is 12.7. The van der Waals surface area contributed by atoms with E-state index in [1.165, 1.54) is 18.9 Å². The topological polar surface area (TPSA) is 49.2 Å². The summed E-state index contributed by atoms with van der Waals surface area (Å²) in [5.41, 5.74) is 0.919. The molecule has 0 amide bonds. The van der Waals surface area contributed by atoms with Gasteiger partial charge in [0, 0.05) is 24.5 Å². The lowest BCUT2D eigenvalue weighted by Gasteiger charge is -2.32. The van der Waals surface area contributed by atoms with Crippen molar-refractivity contribution in [3.05, 3.63) is 42.0 Å². The molecule has 0 N–H and O–H groups in total. The van der Waals surface area contributed by atoms with E-state index in [-0.39, 0.29) is 0 Å². The molecule has 2 aromatic heterocycles. The van der Waals surface area contributed by atoms with Crippen LogP contribution in [0.4, 0.5) is 4.39 Å². The van der Waals surface area contributed by atoms with E-state index in [4.69, 9.17) is 14.4 Å². The van der Waals surface area contributed by atoms with Crippen LogP contribution in [0.5, 0.6) is 0 Å². The van der Waals surface area contributed by atoms with Crippen molar-refractivity contribution in [2.24, 2.45) is 5.92 Å². The first-order valence-electron chi connectivity index (χ1n) is 9.46. The number of pyridine rings is 1. The molecule has 1 aliphatic heterocycles. The summed E-state index contributed by atoms with van der Waals surface area (Å²) in [4.78, 5) is 4.05.